The molecule has 0 heterocycles. The fourth-order valence-electron chi connectivity index (χ4n) is 1.43. The van der Waals surface area contributed by atoms with Crippen molar-refractivity contribution < 1.29 is 11.0 Å². The van der Waals surface area contributed by atoms with Crippen LogP contribution >= 0.6 is 0 Å². The normalized spacial score (nSPS) is 11.2. The van der Waals surface area contributed by atoms with Gasteiger partial charge < -0.3 is 5.32 Å². The summed E-state index contributed by atoms with van der Waals surface area (Å²) in [5.41, 5.74) is 0. The number of ketones is 2. The van der Waals surface area contributed by atoms with E-state index < -0.39 is 0 Å². The summed E-state index contributed by atoms with van der Waals surface area (Å²) < 4.78 is 0. The lowest BCUT2D eigenvalue weighted by Crippen LogP contribution is -2.26. The van der Waals surface area contributed by atoms with E-state index in [1.807, 2.05) is 27.7 Å². The monoisotopic (exact) mass is 243 g/mol. The third kappa shape index (κ3) is 9.04. The van der Waals surface area contributed by atoms with Gasteiger partial charge in [0.15, 0.2) is 0 Å². The Morgan fingerprint density at radius 3 is 2.06 bits per heavy atom. The molecule has 0 spiro atoms. The fourth-order valence-corrected chi connectivity index (χ4v) is 1.43. The molecule has 3 heteroatoms. The van der Waals surface area contributed by atoms with Gasteiger partial charge in [0.25, 0.3) is 0 Å². The lowest BCUT2D eigenvalue weighted by atomic mass is 10.0. The van der Waals surface area contributed by atoms with Gasteiger partial charge in [-0.15, -0.1) is 0 Å². The molecule has 0 atom stereocenters. The molecule has 0 aromatic rings. The van der Waals surface area contributed by atoms with Crippen LogP contribution in [0.1, 0.15) is 54.8 Å². The molecule has 0 saturated carbocycles. The number of carbonyl (C=O) groups is 2. The maximum absolute atomic E-state index is 11.3. The van der Waals surface area contributed by atoms with Gasteiger partial charge in [-0.2, -0.15) is 0 Å². The zero-order valence-corrected chi connectivity index (χ0v) is 11.7. The highest BCUT2D eigenvalue weighted by molar-refractivity contribution is 5.82. The molecule has 0 amide bonds. The van der Waals surface area contributed by atoms with Gasteiger partial charge in [-0.3, -0.25) is 9.59 Å². The van der Waals surface area contributed by atoms with Crippen LogP contribution in [0.4, 0.5) is 0 Å². The Morgan fingerprint density at radius 2 is 1.53 bits per heavy atom. The van der Waals surface area contributed by atoms with Crippen molar-refractivity contribution in [2.75, 3.05) is 13.1 Å². The van der Waals surface area contributed by atoms with Crippen LogP contribution in [0, 0.1) is 11.8 Å². The molecule has 0 aliphatic heterocycles. The van der Waals surface area contributed by atoms with Crippen molar-refractivity contribution in [3.63, 3.8) is 0 Å². The van der Waals surface area contributed by atoms with Gasteiger partial charge in [0.1, 0.15) is 11.6 Å². The smallest absolute Gasteiger partial charge is 0.149 e. The summed E-state index contributed by atoms with van der Waals surface area (Å²) in [6, 6.07) is 0. The predicted molar refractivity (Wildman–Crippen MR) is 73.1 cm³/mol. The van der Waals surface area contributed by atoms with Crippen LogP contribution in [0.25, 0.3) is 0 Å². The quantitative estimate of drug-likeness (QED) is 0.600. The van der Waals surface area contributed by atoms with Gasteiger partial charge in [0.05, 0.1) is 6.54 Å². The number of hydrogen-bond donors (Lipinski definition) is 1. The van der Waals surface area contributed by atoms with Gasteiger partial charge in [0.2, 0.25) is 0 Å². The topological polar surface area (TPSA) is 46.2 Å². The van der Waals surface area contributed by atoms with Gasteiger partial charge in [0, 0.05) is 19.7 Å². The molecule has 0 unspecified atom stereocenters. The first-order chi connectivity index (χ1) is 7.95. The van der Waals surface area contributed by atoms with Crippen molar-refractivity contribution >= 4 is 11.6 Å². The van der Waals surface area contributed by atoms with Crippen LogP contribution in [0.15, 0.2) is 0 Å². The summed E-state index contributed by atoms with van der Waals surface area (Å²) in [6.07, 6.45) is 3.76. The Kier molecular flexibility index (Phi) is 8.96. The van der Waals surface area contributed by atoms with Crippen LogP contribution in [0.2, 0.25) is 0 Å². The van der Waals surface area contributed by atoms with Gasteiger partial charge >= 0.3 is 0 Å². The summed E-state index contributed by atoms with van der Waals surface area (Å²) in [5.74, 6) is 0.899. The van der Waals surface area contributed by atoms with Gasteiger partial charge in [-0.05, 0) is 19.4 Å². The third-order valence-corrected chi connectivity index (χ3v) is 2.86. The molecular formula is C14H29NO2. The minimum Gasteiger partial charge on any atom is -0.310 e. The molecule has 0 fully saturated rings. The maximum atomic E-state index is 11.3. The van der Waals surface area contributed by atoms with E-state index in [9.17, 15) is 9.59 Å². The maximum Gasteiger partial charge on any atom is 0.149 e. The standard InChI is InChI=1S/C14H27NO2.H2/c1-11(2)13(16)8-6-5-7-9-15-10-14(17)12(3)4;/h11-12,15H,5-10H2,1-4H3;1H. The Hall–Kier alpha value is -0.700. The molecule has 0 aromatic heterocycles. The Morgan fingerprint density at radius 1 is 0.941 bits per heavy atom. The van der Waals surface area contributed by atoms with Crippen molar-refractivity contribution in [1.29, 1.82) is 0 Å². The van der Waals surface area contributed by atoms with E-state index in [1.54, 1.807) is 0 Å². The number of carbonyl (C=O) groups excluding carboxylic acids is 2. The second-order valence-corrected chi connectivity index (χ2v) is 5.23. The van der Waals surface area contributed by atoms with Gasteiger partial charge in [-0.25, -0.2) is 0 Å². The SMILES string of the molecule is CC(C)C(=O)CCCCCNCC(=O)C(C)C.[HH]. The largest absolute Gasteiger partial charge is 0.310 e. The minimum atomic E-state index is 0. The zero-order chi connectivity index (χ0) is 13.3. The second-order valence-electron chi connectivity index (χ2n) is 5.23. The molecule has 102 valence electrons. The minimum absolute atomic E-state index is 0. The van der Waals surface area contributed by atoms with E-state index in [4.69, 9.17) is 0 Å². The van der Waals surface area contributed by atoms with Crippen LogP contribution < -0.4 is 5.32 Å². The first-order valence-corrected chi connectivity index (χ1v) is 6.71. The molecule has 0 aliphatic rings. The van der Waals surface area contributed by atoms with E-state index >= 15 is 0 Å². The molecular weight excluding hydrogens is 214 g/mol. The molecule has 3 nitrogen and oxygen atoms in total. The molecule has 0 radical (unpaired) electrons. The predicted octanol–water partition coefficient (Wildman–Crippen LogP) is 2.83. The highest BCUT2D eigenvalue weighted by Crippen LogP contribution is 2.05. The summed E-state index contributed by atoms with van der Waals surface area (Å²) in [4.78, 5) is 22.6. The third-order valence-electron chi connectivity index (χ3n) is 2.86. The molecule has 17 heavy (non-hydrogen) atoms. The number of hydrogen-bond acceptors (Lipinski definition) is 3. The molecule has 0 aliphatic carbocycles. The number of Topliss-reactive ketones (excluding diaryl/α,β-unsaturated/α-hetero) is 2. The van der Waals surface area contributed by atoms with Crippen molar-refractivity contribution in [1.82, 2.24) is 5.32 Å². The summed E-state index contributed by atoms with van der Waals surface area (Å²) in [6.45, 7) is 9.07. The van der Waals surface area contributed by atoms with E-state index in [1.165, 1.54) is 0 Å². The molecule has 0 aromatic carbocycles. The van der Waals surface area contributed by atoms with Crippen LogP contribution in [-0.4, -0.2) is 24.7 Å². The summed E-state index contributed by atoms with van der Waals surface area (Å²) in [7, 11) is 0. The average Bonchev–Trinajstić information content (AvgIpc) is 2.26. The highest BCUT2D eigenvalue weighted by Gasteiger charge is 2.07. The second kappa shape index (κ2) is 9.34. The lowest BCUT2D eigenvalue weighted by molar-refractivity contribution is -0.122. The van der Waals surface area contributed by atoms with Crippen LogP contribution in [0.3, 0.4) is 0 Å². The Bertz CT molecular complexity index is 216. The summed E-state index contributed by atoms with van der Waals surface area (Å²) >= 11 is 0. The average molecular weight is 243 g/mol. The molecule has 0 rings (SSSR count). The number of nitrogens with one attached hydrogen (secondary N) is 1. The van der Waals surface area contributed by atoms with E-state index in [0.717, 1.165) is 25.8 Å². The lowest BCUT2D eigenvalue weighted by Gasteiger charge is -2.06. The molecule has 0 saturated heterocycles. The first-order valence-electron chi connectivity index (χ1n) is 6.71. The van der Waals surface area contributed by atoms with Crippen molar-refractivity contribution in [2.24, 2.45) is 11.8 Å². The number of unbranched alkanes of at least 4 members (excludes halogenated alkanes) is 2. The van der Waals surface area contributed by atoms with Gasteiger partial charge in [-0.1, -0.05) is 34.1 Å². The number of rotatable bonds is 10. The Labute approximate surface area is 107 Å². The Balaban J connectivity index is 0. The van der Waals surface area contributed by atoms with Crippen molar-refractivity contribution in [3.05, 3.63) is 0 Å². The van der Waals surface area contributed by atoms with E-state index in [2.05, 4.69) is 5.32 Å². The van der Waals surface area contributed by atoms with E-state index in [0.29, 0.717) is 18.7 Å². The van der Waals surface area contributed by atoms with Crippen molar-refractivity contribution in [3.8, 4) is 0 Å². The zero-order valence-electron chi connectivity index (χ0n) is 11.7. The van der Waals surface area contributed by atoms with Crippen LogP contribution in [-0.2, 0) is 9.59 Å². The fraction of sp³-hybridized carbons (Fsp3) is 0.857. The first kappa shape index (κ1) is 16.3. The summed E-state index contributed by atoms with van der Waals surface area (Å²) in [5, 5.41) is 3.14. The highest BCUT2D eigenvalue weighted by atomic mass is 16.1. The molecule has 0 bridgehead atoms. The van der Waals surface area contributed by atoms with E-state index in [-0.39, 0.29) is 19.0 Å². The molecule has 1 N–H and O–H groups in total. The van der Waals surface area contributed by atoms with Crippen LogP contribution in [0.5, 0.6) is 0 Å². The van der Waals surface area contributed by atoms with Crippen molar-refractivity contribution in [2.45, 2.75) is 53.4 Å².